The molecule has 1 heterocycles. The molecule has 1 amide bonds. The topological polar surface area (TPSA) is 74.6 Å². The summed E-state index contributed by atoms with van der Waals surface area (Å²) in [7, 11) is 1.58. The lowest BCUT2D eigenvalue weighted by Crippen LogP contribution is -2.36. The number of rotatable bonds is 7. The number of nitrogens with zero attached hydrogens (tertiary/aromatic N) is 2. The highest BCUT2D eigenvalue weighted by atomic mass is 16.5. The van der Waals surface area contributed by atoms with Gasteiger partial charge in [-0.25, -0.2) is 0 Å². The minimum Gasteiger partial charge on any atom is -0.383 e. The van der Waals surface area contributed by atoms with Crippen molar-refractivity contribution in [2.75, 3.05) is 46.6 Å². The second-order valence-corrected chi connectivity index (χ2v) is 6.97. The van der Waals surface area contributed by atoms with Crippen LogP contribution in [0.2, 0.25) is 0 Å². The predicted molar refractivity (Wildman–Crippen MR) is 112 cm³/mol. The van der Waals surface area contributed by atoms with E-state index in [0.717, 1.165) is 42.8 Å². The number of nitriles is 1. The number of benzene rings is 1. The smallest absolute Gasteiger partial charge is 0.262 e. The third kappa shape index (κ3) is 5.57. The zero-order chi connectivity index (χ0) is 20.5. The molecule has 1 saturated heterocycles. The lowest BCUT2D eigenvalue weighted by atomic mass is 10.1. The number of hydrogen-bond acceptors (Lipinski definition) is 5. The van der Waals surface area contributed by atoms with Gasteiger partial charge < -0.3 is 19.7 Å². The van der Waals surface area contributed by atoms with Crippen LogP contribution in [0.1, 0.15) is 18.4 Å². The summed E-state index contributed by atoms with van der Waals surface area (Å²) in [5.74, 6) is -0.362. The predicted octanol–water partition coefficient (Wildman–Crippen LogP) is 2.66. The number of methoxy groups -OCH3 is 1. The van der Waals surface area contributed by atoms with E-state index in [4.69, 9.17) is 9.47 Å². The number of carbonyl (C=O) groups excluding carboxylic acids is 1. The number of nitrogens with one attached hydrogen (secondary N) is 1. The Morgan fingerprint density at radius 1 is 1.28 bits per heavy atom. The van der Waals surface area contributed by atoms with Gasteiger partial charge in [-0.2, -0.15) is 5.26 Å². The van der Waals surface area contributed by atoms with E-state index in [2.05, 4.69) is 34.5 Å². The Hall–Kier alpha value is -2.88. The number of allylic oxidation sites excluding steroid dienone is 3. The van der Waals surface area contributed by atoms with Crippen LogP contribution in [0.25, 0.3) is 6.08 Å². The van der Waals surface area contributed by atoms with Gasteiger partial charge in [0.05, 0.1) is 19.8 Å². The van der Waals surface area contributed by atoms with Gasteiger partial charge >= 0.3 is 0 Å². The molecule has 2 aliphatic rings. The quantitative estimate of drug-likeness (QED) is 0.438. The van der Waals surface area contributed by atoms with Gasteiger partial charge in [0.15, 0.2) is 0 Å². The maximum atomic E-state index is 12.4. The molecular formula is C23H27N3O3. The zero-order valence-electron chi connectivity index (χ0n) is 16.8. The van der Waals surface area contributed by atoms with Gasteiger partial charge in [-0.3, -0.25) is 4.79 Å². The van der Waals surface area contributed by atoms with Crippen LogP contribution in [0.3, 0.4) is 0 Å². The van der Waals surface area contributed by atoms with Gasteiger partial charge in [-0.05, 0) is 41.7 Å². The maximum Gasteiger partial charge on any atom is 0.262 e. The normalized spacial score (nSPS) is 18.8. The van der Waals surface area contributed by atoms with Crippen LogP contribution in [0, 0.1) is 11.3 Å². The Morgan fingerprint density at radius 3 is 2.72 bits per heavy atom. The first-order valence-corrected chi connectivity index (χ1v) is 9.93. The first-order valence-electron chi connectivity index (χ1n) is 9.93. The van der Waals surface area contributed by atoms with E-state index in [1.165, 1.54) is 5.57 Å². The fourth-order valence-electron chi connectivity index (χ4n) is 3.62. The van der Waals surface area contributed by atoms with Crippen molar-refractivity contribution < 1.29 is 14.3 Å². The van der Waals surface area contributed by atoms with Gasteiger partial charge in [0.2, 0.25) is 0 Å². The van der Waals surface area contributed by atoms with Crippen molar-refractivity contribution in [2.45, 2.75) is 12.8 Å². The van der Waals surface area contributed by atoms with Gasteiger partial charge in [-0.15, -0.1) is 0 Å². The summed E-state index contributed by atoms with van der Waals surface area (Å²) < 4.78 is 10.5. The highest BCUT2D eigenvalue weighted by Crippen LogP contribution is 2.36. The fraction of sp³-hybridized carbons (Fsp3) is 0.391. The molecule has 1 aromatic rings. The van der Waals surface area contributed by atoms with Gasteiger partial charge in [0, 0.05) is 32.4 Å². The number of carbonyl (C=O) groups is 1. The first-order chi connectivity index (χ1) is 14.2. The molecule has 0 spiro atoms. The SMILES string of the molecule is COCCNC(=O)/C(C#N)=C/C1=C(N2CCOCC2)C(=Cc2ccccc2)CC1. The number of morpholine rings is 1. The lowest BCUT2D eigenvalue weighted by Gasteiger charge is -2.31. The zero-order valence-corrected chi connectivity index (χ0v) is 16.8. The summed E-state index contributed by atoms with van der Waals surface area (Å²) in [4.78, 5) is 14.7. The van der Waals surface area contributed by atoms with Crippen LogP contribution < -0.4 is 5.32 Å². The summed E-state index contributed by atoms with van der Waals surface area (Å²) in [5.41, 5.74) is 4.68. The Labute approximate surface area is 172 Å². The van der Waals surface area contributed by atoms with E-state index in [1.807, 2.05) is 18.2 Å². The van der Waals surface area contributed by atoms with Crippen molar-refractivity contribution >= 4 is 12.0 Å². The van der Waals surface area contributed by atoms with Crippen LogP contribution in [-0.4, -0.2) is 57.4 Å². The molecule has 29 heavy (non-hydrogen) atoms. The minimum absolute atomic E-state index is 0.128. The van der Waals surface area contributed by atoms with Crippen molar-refractivity contribution in [3.05, 3.63) is 64.4 Å². The maximum absolute atomic E-state index is 12.4. The highest BCUT2D eigenvalue weighted by Gasteiger charge is 2.26. The van der Waals surface area contributed by atoms with Crippen LogP contribution >= 0.6 is 0 Å². The standard InChI is InChI=1S/C23H27N3O3/c1-28-12-9-25-23(27)21(17-24)16-20-8-7-19(15-18-5-3-2-4-6-18)22(20)26-10-13-29-14-11-26/h2-6,15-16H,7-14H2,1H3,(H,25,27)/b19-15?,21-16+. The number of hydrogen-bond donors (Lipinski definition) is 1. The van der Waals surface area contributed by atoms with Crippen LogP contribution in [0.15, 0.2) is 58.8 Å². The molecule has 0 radical (unpaired) electrons. The van der Waals surface area contributed by atoms with Crippen molar-refractivity contribution in [3.63, 3.8) is 0 Å². The second-order valence-electron chi connectivity index (χ2n) is 6.97. The molecule has 1 aliphatic heterocycles. The van der Waals surface area contributed by atoms with E-state index in [1.54, 1.807) is 13.2 Å². The molecule has 0 unspecified atom stereocenters. The molecule has 0 aromatic heterocycles. The van der Waals surface area contributed by atoms with Gasteiger partial charge in [0.1, 0.15) is 11.6 Å². The molecule has 0 saturated carbocycles. The largest absolute Gasteiger partial charge is 0.383 e. The molecule has 0 atom stereocenters. The second kappa shape index (κ2) is 10.6. The van der Waals surface area contributed by atoms with Crippen LogP contribution in [-0.2, 0) is 14.3 Å². The van der Waals surface area contributed by atoms with Crippen molar-refractivity contribution in [3.8, 4) is 6.07 Å². The van der Waals surface area contributed by atoms with E-state index in [-0.39, 0.29) is 11.5 Å². The van der Waals surface area contributed by atoms with E-state index in [9.17, 15) is 10.1 Å². The Balaban J connectivity index is 1.93. The van der Waals surface area contributed by atoms with E-state index >= 15 is 0 Å². The molecule has 6 nitrogen and oxygen atoms in total. The summed E-state index contributed by atoms with van der Waals surface area (Å²) in [6, 6.07) is 12.3. The van der Waals surface area contributed by atoms with Crippen LogP contribution in [0.4, 0.5) is 0 Å². The average molecular weight is 393 g/mol. The molecular weight excluding hydrogens is 366 g/mol. The lowest BCUT2D eigenvalue weighted by molar-refractivity contribution is -0.117. The van der Waals surface area contributed by atoms with E-state index < -0.39 is 0 Å². The molecule has 1 fully saturated rings. The van der Waals surface area contributed by atoms with Gasteiger partial charge in [-0.1, -0.05) is 30.3 Å². The average Bonchev–Trinajstić information content (AvgIpc) is 3.15. The highest BCUT2D eigenvalue weighted by molar-refractivity contribution is 5.97. The Morgan fingerprint density at radius 2 is 2.03 bits per heavy atom. The molecule has 1 N–H and O–H groups in total. The first kappa shape index (κ1) is 20.8. The summed E-state index contributed by atoms with van der Waals surface area (Å²) in [5, 5.41) is 12.3. The molecule has 1 aromatic carbocycles. The van der Waals surface area contributed by atoms with Gasteiger partial charge in [0.25, 0.3) is 5.91 Å². The van der Waals surface area contributed by atoms with Crippen LogP contribution in [0.5, 0.6) is 0 Å². The number of ether oxygens (including phenoxy) is 2. The van der Waals surface area contributed by atoms with Crippen molar-refractivity contribution in [2.24, 2.45) is 0 Å². The van der Waals surface area contributed by atoms with E-state index in [0.29, 0.717) is 26.4 Å². The monoisotopic (exact) mass is 393 g/mol. The minimum atomic E-state index is -0.362. The Bertz CT molecular complexity index is 844. The van der Waals surface area contributed by atoms with Crippen molar-refractivity contribution in [1.29, 1.82) is 5.26 Å². The third-order valence-corrected chi connectivity index (χ3v) is 5.02. The molecule has 1 aliphatic carbocycles. The summed E-state index contributed by atoms with van der Waals surface area (Å²) in [6.45, 7) is 3.77. The molecule has 6 heteroatoms. The fourth-order valence-corrected chi connectivity index (χ4v) is 3.62. The molecule has 152 valence electrons. The molecule has 0 bridgehead atoms. The summed E-state index contributed by atoms with van der Waals surface area (Å²) >= 11 is 0. The summed E-state index contributed by atoms with van der Waals surface area (Å²) in [6.07, 6.45) is 5.65. The number of amides is 1. The molecule has 3 rings (SSSR count). The third-order valence-electron chi connectivity index (χ3n) is 5.02. The van der Waals surface area contributed by atoms with Crippen molar-refractivity contribution in [1.82, 2.24) is 10.2 Å². The Kier molecular flexibility index (Phi) is 7.62.